The molecule has 1 aliphatic heterocycles. The molecule has 0 aliphatic carbocycles. The third kappa shape index (κ3) is 3.47. The molecule has 0 radical (unpaired) electrons. The maximum atomic E-state index is 12.8. The van der Waals surface area contributed by atoms with Crippen LogP contribution in [-0.4, -0.2) is 35.3 Å². The molecule has 9 heteroatoms. The van der Waals surface area contributed by atoms with Crippen LogP contribution in [0.5, 0.6) is 0 Å². The first kappa shape index (κ1) is 20.3. The quantitative estimate of drug-likeness (QED) is 0.277. The van der Waals surface area contributed by atoms with E-state index in [9.17, 15) is 14.4 Å². The van der Waals surface area contributed by atoms with Gasteiger partial charge in [0.05, 0.1) is 37.8 Å². The molecule has 1 aromatic rings. The number of halogens is 4. The number of amides is 2. The molecule has 1 heterocycles. The number of rotatable bonds is 6. The van der Waals surface area contributed by atoms with Crippen LogP contribution in [-0.2, 0) is 9.53 Å². The Morgan fingerprint density at radius 3 is 1.84 bits per heavy atom. The third-order valence-electron chi connectivity index (χ3n) is 3.83. The minimum absolute atomic E-state index is 0.115. The van der Waals surface area contributed by atoms with Gasteiger partial charge in [-0.2, -0.15) is 0 Å². The highest BCUT2D eigenvalue weighted by Crippen LogP contribution is 2.45. The van der Waals surface area contributed by atoms with E-state index in [4.69, 9.17) is 51.1 Å². The number of hydrogen-bond donors (Lipinski definition) is 0. The molecule has 0 bridgehead atoms. The molecular weight excluding hydrogens is 412 g/mol. The maximum Gasteiger partial charge on any atom is 0.329 e. The lowest BCUT2D eigenvalue weighted by Gasteiger charge is -2.24. The van der Waals surface area contributed by atoms with Crippen LogP contribution >= 0.6 is 46.4 Å². The maximum absolute atomic E-state index is 12.8. The number of carbonyl (C=O) groups excluding carboxylic acids is 3. The summed E-state index contributed by atoms with van der Waals surface area (Å²) in [5.74, 6) is -2.13. The molecule has 0 N–H and O–H groups in total. The van der Waals surface area contributed by atoms with E-state index in [-0.39, 0.29) is 44.2 Å². The van der Waals surface area contributed by atoms with E-state index >= 15 is 0 Å². The highest BCUT2D eigenvalue weighted by atomic mass is 35.5. The van der Waals surface area contributed by atoms with Gasteiger partial charge in [0.2, 0.25) is 0 Å². The van der Waals surface area contributed by atoms with Gasteiger partial charge in [-0.1, -0.05) is 66.2 Å². The van der Waals surface area contributed by atoms with Gasteiger partial charge < -0.3 is 4.74 Å². The third-order valence-corrected chi connectivity index (χ3v) is 5.64. The number of benzene rings is 1. The van der Waals surface area contributed by atoms with Crippen molar-refractivity contribution >= 4 is 64.2 Å². The normalized spacial score (nSPS) is 14.7. The Labute approximate surface area is 165 Å². The molecule has 1 aromatic carbocycles. The standard InChI is InChI=1S/C16H15Cl4NO4/c1-3-5-6-7(16(24)25-4-2)21-14(22)8-9(15(21)23)11(18)13(20)12(19)10(8)17/h7H,3-6H2,1-2H3. The van der Waals surface area contributed by atoms with Gasteiger partial charge in [0, 0.05) is 0 Å². The van der Waals surface area contributed by atoms with Gasteiger partial charge in [-0.15, -0.1) is 0 Å². The summed E-state index contributed by atoms with van der Waals surface area (Å²) in [5.41, 5.74) is -0.284. The molecule has 5 nitrogen and oxygen atoms in total. The molecule has 0 saturated heterocycles. The summed E-state index contributed by atoms with van der Waals surface area (Å²) in [6.07, 6.45) is 1.68. The minimum Gasteiger partial charge on any atom is -0.464 e. The van der Waals surface area contributed by atoms with Gasteiger partial charge in [-0.05, 0) is 13.3 Å². The molecule has 25 heavy (non-hydrogen) atoms. The molecule has 0 spiro atoms. The summed E-state index contributed by atoms with van der Waals surface area (Å²) >= 11 is 24.2. The van der Waals surface area contributed by atoms with Gasteiger partial charge in [0.25, 0.3) is 11.8 Å². The molecule has 2 amide bonds. The molecule has 0 fully saturated rings. The predicted molar refractivity (Wildman–Crippen MR) is 96.9 cm³/mol. The summed E-state index contributed by atoms with van der Waals surface area (Å²) < 4.78 is 5.01. The van der Waals surface area contributed by atoms with Crippen molar-refractivity contribution in [2.45, 2.75) is 39.2 Å². The number of hydrogen-bond acceptors (Lipinski definition) is 4. The number of nitrogens with zero attached hydrogens (tertiary/aromatic N) is 1. The van der Waals surface area contributed by atoms with Crippen LogP contribution in [0.25, 0.3) is 0 Å². The lowest BCUT2D eigenvalue weighted by molar-refractivity contribution is -0.148. The van der Waals surface area contributed by atoms with Gasteiger partial charge in [0.15, 0.2) is 0 Å². The van der Waals surface area contributed by atoms with Crippen LogP contribution in [0.15, 0.2) is 0 Å². The van der Waals surface area contributed by atoms with Crippen molar-refractivity contribution in [1.29, 1.82) is 0 Å². The topological polar surface area (TPSA) is 63.7 Å². The van der Waals surface area contributed by atoms with Crippen LogP contribution in [0, 0.1) is 0 Å². The molecule has 0 aromatic heterocycles. The largest absolute Gasteiger partial charge is 0.464 e. The van der Waals surface area contributed by atoms with E-state index in [1.54, 1.807) is 6.92 Å². The fourth-order valence-corrected chi connectivity index (χ4v) is 3.65. The predicted octanol–water partition coefficient (Wildman–Crippen LogP) is 5.02. The molecule has 1 aliphatic rings. The first-order chi connectivity index (χ1) is 11.8. The first-order valence-electron chi connectivity index (χ1n) is 7.68. The zero-order valence-electron chi connectivity index (χ0n) is 13.5. The number of carbonyl (C=O) groups is 3. The average Bonchev–Trinajstić information content (AvgIpc) is 2.83. The summed E-state index contributed by atoms with van der Waals surface area (Å²) in [6, 6.07) is -1.06. The lowest BCUT2D eigenvalue weighted by atomic mass is 10.1. The molecule has 1 unspecified atom stereocenters. The van der Waals surface area contributed by atoms with Gasteiger partial charge >= 0.3 is 5.97 Å². The second-order valence-corrected chi connectivity index (χ2v) is 6.91. The highest BCUT2D eigenvalue weighted by Gasteiger charge is 2.46. The lowest BCUT2D eigenvalue weighted by Crippen LogP contribution is -2.45. The van der Waals surface area contributed by atoms with Gasteiger partial charge in [-0.25, -0.2) is 4.79 Å². The van der Waals surface area contributed by atoms with E-state index in [1.165, 1.54) is 0 Å². The fraction of sp³-hybridized carbons (Fsp3) is 0.438. The van der Waals surface area contributed by atoms with E-state index in [2.05, 4.69) is 0 Å². The number of ether oxygens (including phenoxy) is 1. The van der Waals surface area contributed by atoms with Crippen molar-refractivity contribution in [3.8, 4) is 0 Å². The molecule has 0 saturated carbocycles. The van der Waals surface area contributed by atoms with Crippen molar-refractivity contribution in [3.63, 3.8) is 0 Å². The smallest absolute Gasteiger partial charge is 0.329 e. The monoisotopic (exact) mass is 425 g/mol. The van der Waals surface area contributed by atoms with E-state index in [0.29, 0.717) is 6.42 Å². The summed E-state index contributed by atoms with van der Waals surface area (Å²) in [4.78, 5) is 38.8. The van der Waals surface area contributed by atoms with Crippen LogP contribution in [0.4, 0.5) is 0 Å². The summed E-state index contributed by atoms with van der Waals surface area (Å²) in [6.45, 7) is 3.70. The average molecular weight is 427 g/mol. The van der Waals surface area contributed by atoms with Crippen molar-refractivity contribution in [3.05, 3.63) is 31.2 Å². The van der Waals surface area contributed by atoms with Gasteiger partial charge in [-0.3, -0.25) is 14.5 Å². The van der Waals surface area contributed by atoms with Crippen LogP contribution in [0.2, 0.25) is 20.1 Å². The molecule has 136 valence electrons. The first-order valence-corrected chi connectivity index (χ1v) is 9.19. The Hall–Kier alpha value is -1.01. The molecular formula is C16H15Cl4NO4. The number of imide groups is 1. The zero-order valence-corrected chi connectivity index (χ0v) is 16.5. The molecule has 2 rings (SSSR count). The second-order valence-electron chi connectivity index (χ2n) is 5.40. The number of unbranched alkanes of at least 4 members (excludes halogenated alkanes) is 1. The Morgan fingerprint density at radius 2 is 1.44 bits per heavy atom. The number of esters is 1. The number of fused-ring (bicyclic) bond motifs is 1. The van der Waals surface area contributed by atoms with E-state index in [1.807, 2.05) is 6.92 Å². The van der Waals surface area contributed by atoms with Crippen molar-refractivity contribution in [1.82, 2.24) is 4.90 Å². The van der Waals surface area contributed by atoms with E-state index in [0.717, 1.165) is 11.3 Å². The van der Waals surface area contributed by atoms with E-state index < -0.39 is 23.8 Å². The van der Waals surface area contributed by atoms with Gasteiger partial charge in [0.1, 0.15) is 6.04 Å². The van der Waals surface area contributed by atoms with Crippen LogP contribution < -0.4 is 0 Å². The summed E-state index contributed by atoms with van der Waals surface area (Å²) in [5, 5.41) is -0.553. The van der Waals surface area contributed by atoms with Crippen molar-refractivity contribution < 1.29 is 19.1 Å². The van der Waals surface area contributed by atoms with Crippen LogP contribution in [0.3, 0.4) is 0 Å². The molecule has 1 atom stereocenters. The minimum atomic E-state index is -1.06. The van der Waals surface area contributed by atoms with Crippen molar-refractivity contribution in [2.24, 2.45) is 0 Å². The zero-order chi connectivity index (χ0) is 18.9. The highest BCUT2D eigenvalue weighted by molar-refractivity contribution is 6.55. The van der Waals surface area contributed by atoms with Crippen LogP contribution in [0.1, 0.15) is 53.8 Å². The Balaban J connectivity index is 2.55. The second kappa shape index (κ2) is 8.12. The SMILES string of the molecule is CCCCC(C(=O)OCC)N1C(=O)c2c(Cl)c(Cl)c(Cl)c(Cl)c2C1=O. The van der Waals surface area contributed by atoms with Crippen molar-refractivity contribution in [2.75, 3.05) is 6.61 Å². The Kier molecular flexibility index (Phi) is 6.60. The summed E-state index contributed by atoms with van der Waals surface area (Å²) in [7, 11) is 0. The Morgan fingerprint density at radius 1 is 0.960 bits per heavy atom. The fourth-order valence-electron chi connectivity index (χ4n) is 2.64. The Bertz CT molecular complexity index is 703.